The van der Waals surface area contributed by atoms with Gasteiger partial charge in [0.25, 0.3) is 5.91 Å². The summed E-state index contributed by atoms with van der Waals surface area (Å²) in [5.74, 6) is -0.216. The zero-order valence-corrected chi connectivity index (χ0v) is 11.3. The van der Waals surface area contributed by atoms with E-state index in [0.29, 0.717) is 11.0 Å². The second kappa shape index (κ2) is 5.96. The monoisotopic (exact) mass is 262 g/mol. The summed E-state index contributed by atoms with van der Waals surface area (Å²) in [7, 11) is 0. The van der Waals surface area contributed by atoms with Crippen molar-refractivity contribution in [2.75, 3.05) is 5.32 Å². The molecule has 2 N–H and O–H groups in total. The molecule has 1 amide bonds. The van der Waals surface area contributed by atoms with Crippen molar-refractivity contribution >= 4 is 28.8 Å². The third-order valence-corrected chi connectivity index (χ3v) is 3.59. The van der Waals surface area contributed by atoms with Crippen molar-refractivity contribution in [1.82, 2.24) is 5.32 Å². The summed E-state index contributed by atoms with van der Waals surface area (Å²) in [6, 6.07) is 8.06. The highest BCUT2D eigenvalue weighted by molar-refractivity contribution is 7.82. The molecule has 1 aromatic carbocycles. The molecule has 0 bridgehead atoms. The average Bonchev–Trinajstić information content (AvgIpc) is 2.84. The SMILES string of the molecule is Cc1ccccc1NC(=O)C(=S)NC1CCCC1. The minimum atomic E-state index is -0.216. The summed E-state index contributed by atoms with van der Waals surface area (Å²) in [6.45, 7) is 1.96. The summed E-state index contributed by atoms with van der Waals surface area (Å²) in [6.07, 6.45) is 4.66. The molecule has 18 heavy (non-hydrogen) atoms. The highest BCUT2D eigenvalue weighted by Crippen LogP contribution is 2.18. The molecule has 0 spiro atoms. The average molecular weight is 262 g/mol. The molecule has 0 heterocycles. The number of hydrogen-bond acceptors (Lipinski definition) is 2. The molecular weight excluding hydrogens is 244 g/mol. The van der Waals surface area contributed by atoms with E-state index in [0.717, 1.165) is 24.1 Å². The summed E-state index contributed by atoms with van der Waals surface area (Å²) in [5, 5.41) is 5.98. The Morgan fingerprint density at radius 1 is 1.28 bits per heavy atom. The molecule has 1 aliphatic carbocycles. The lowest BCUT2D eigenvalue weighted by Gasteiger charge is -2.14. The van der Waals surface area contributed by atoms with Gasteiger partial charge in [-0.2, -0.15) is 0 Å². The first-order valence-electron chi connectivity index (χ1n) is 6.34. The fourth-order valence-corrected chi connectivity index (χ4v) is 2.43. The molecule has 1 saturated carbocycles. The molecule has 0 aliphatic heterocycles. The number of rotatable bonds is 2. The van der Waals surface area contributed by atoms with Crippen molar-refractivity contribution in [3.8, 4) is 0 Å². The van der Waals surface area contributed by atoms with Gasteiger partial charge in [0.15, 0.2) is 4.99 Å². The third kappa shape index (κ3) is 3.29. The number of amides is 1. The number of carbonyl (C=O) groups excluding carboxylic acids is 1. The molecule has 1 aromatic rings. The Hall–Kier alpha value is -1.42. The van der Waals surface area contributed by atoms with Crippen molar-refractivity contribution in [1.29, 1.82) is 0 Å². The van der Waals surface area contributed by atoms with E-state index in [9.17, 15) is 4.79 Å². The first-order chi connectivity index (χ1) is 8.66. The Bertz CT molecular complexity index is 453. The molecule has 0 saturated heterocycles. The van der Waals surface area contributed by atoms with Gasteiger partial charge >= 0.3 is 0 Å². The molecular formula is C14H18N2OS. The van der Waals surface area contributed by atoms with Gasteiger partial charge in [-0.3, -0.25) is 4.79 Å². The predicted molar refractivity (Wildman–Crippen MR) is 77.8 cm³/mol. The van der Waals surface area contributed by atoms with Crippen LogP contribution in [0.1, 0.15) is 31.2 Å². The van der Waals surface area contributed by atoms with E-state index in [-0.39, 0.29) is 5.91 Å². The van der Waals surface area contributed by atoms with Gasteiger partial charge < -0.3 is 10.6 Å². The number of para-hydroxylation sites is 1. The normalized spacial score (nSPS) is 15.4. The maximum absolute atomic E-state index is 11.9. The van der Waals surface area contributed by atoms with E-state index in [1.807, 2.05) is 31.2 Å². The molecule has 4 heteroatoms. The van der Waals surface area contributed by atoms with Crippen LogP contribution in [0.25, 0.3) is 0 Å². The van der Waals surface area contributed by atoms with Gasteiger partial charge in [-0.1, -0.05) is 43.3 Å². The molecule has 2 rings (SSSR count). The van der Waals surface area contributed by atoms with Gasteiger partial charge in [-0.15, -0.1) is 0 Å². The maximum Gasteiger partial charge on any atom is 0.283 e. The van der Waals surface area contributed by atoms with Crippen molar-refractivity contribution in [3.05, 3.63) is 29.8 Å². The summed E-state index contributed by atoms with van der Waals surface area (Å²) in [5.41, 5.74) is 1.85. The zero-order chi connectivity index (χ0) is 13.0. The molecule has 0 atom stereocenters. The zero-order valence-electron chi connectivity index (χ0n) is 10.5. The van der Waals surface area contributed by atoms with Crippen LogP contribution in [0, 0.1) is 6.92 Å². The summed E-state index contributed by atoms with van der Waals surface area (Å²) < 4.78 is 0. The highest BCUT2D eigenvalue weighted by atomic mass is 32.1. The summed E-state index contributed by atoms with van der Waals surface area (Å²) in [4.78, 5) is 12.2. The van der Waals surface area contributed by atoms with Crippen LogP contribution in [-0.4, -0.2) is 16.9 Å². The second-order valence-electron chi connectivity index (χ2n) is 4.72. The van der Waals surface area contributed by atoms with E-state index in [2.05, 4.69) is 10.6 Å². The van der Waals surface area contributed by atoms with Crippen molar-refractivity contribution in [2.24, 2.45) is 0 Å². The van der Waals surface area contributed by atoms with E-state index < -0.39 is 0 Å². The van der Waals surface area contributed by atoms with Gasteiger partial charge in [-0.25, -0.2) is 0 Å². The quantitative estimate of drug-likeness (QED) is 0.805. The second-order valence-corrected chi connectivity index (χ2v) is 5.13. The maximum atomic E-state index is 11.9. The lowest BCUT2D eigenvalue weighted by atomic mass is 10.2. The van der Waals surface area contributed by atoms with Crippen LogP contribution in [-0.2, 0) is 4.79 Å². The van der Waals surface area contributed by atoms with Gasteiger partial charge in [0.2, 0.25) is 0 Å². The topological polar surface area (TPSA) is 41.1 Å². The van der Waals surface area contributed by atoms with Crippen molar-refractivity contribution < 1.29 is 4.79 Å². The third-order valence-electron chi connectivity index (χ3n) is 3.29. The number of thiocarbonyl (C=S) groups is 1. The molecule has 0 radical (unpaired) electrons. The van der Waals surface area contributed by atoms with Crippen LogP contribution < -0.4 is 10.6 Å². The molecule has 3 nitrogen and oxygen atoms in total. The minimum absolute atomic E-state index is 0.216. The van der Waals surface area contributed by atoms with Crippen LogP contribution in [0.2, 0.25) is 0 Å². The standard InChI is InChI=1S/C14H18N2OS/c1-10-6-2-5-9-12(10)16-13(17)14(18)15-11-7-3-4-8-11/h2,5-6,9,11H,3-4,7-8H2,1H3,(H,15,18)(H,16,17). The largest absolute Gasteiger partial charge is 0.369 e. The minimum Gasteiger partial charge on any atom is -0.369 e. The predicted octanol–water partition coefficient (Wildman–Crippen LogP) is 2.79. The number of carbonyl (C=O) groups is 1. The molecule has 1 fully saturated rings. The van der Waals surface area contributed by atoms with Crippen LogP contribution in [0.15, 0.2) is 24.3 Å². The number of benzene rings is 1. The number of hydrogen-bond donors (Lipinski definition) is 2. The van der Waals surface area contributed by atoms with E-state index in [1.54, 1.807) is 0 Å². The van der Waals surface area contributed by atoms with Gasteiger partial charge in [-0.05, 0) is 31.4 Å². The van der Waals surface area contributed by atoms with Crippen LogP contribution >= 0.6 is 12.2 Å². The lowest BCUT2D eigenvalue weighted by Crippen LogP contribution is -2.39. The Morgan fingerprint density at radius 3 is 2.61 bits per heavy atom. The molecule has 96 valence electrons. The first kappa shape index (κ1) is 13.0. The molecule has 0 unspecified atom stereocenters. The number of nitrogens with one attached hydrogen (secondary N) is 2. The Labute approximate surface area is 113 Å². The Morgan fingerprint density at radius 2 is 1.94 bits per heavy atom. The van der Waals surface area contributed by atoms with Crippen LogP contribution in [0.5, 0.6) is 0 Å². The Kier molecular flexibility index (Phi) is 4.31. The smallest absolute Gasteiger partial charge is 0.283 e. The first-order valence-corrected chi connectivity index (χ1v) is 6.75. The summed E-state index contributed by atoms with van der Waals surface area (Å²) >= 11 is 5.13. The van der Waals surface area contributed by atoms with Gasteiger partial charge in [0.1, 0.15) is 0 Å². The lowest BCUT2D eigenvalue weighted by molar-refractivity contribution is -0.110. The van der Waals surface area contributed by atoms with Crippen LogP contribution in [0.3, 0.4) is 0 Å². The van der Waals surface area contributed by atoms with Gasteiger partial charge in [0, 0.05) is 11.7 Å². The van der Waals surface area contributed by atoms with Crippen LogP contribution in [0.4, 0.5) is 5.69 Å². The number of aryl methyl sites for hydroxylation is 1. The van der Waals surface area contributed by atoms with Crippen molar-refractivity contribution in [3.63, 3.8) is 0 Å². The van der Waals surface area contributed by atoms with E-state index in [4.69, 9.17) is 12.2 Å². The van der Waals surface area contributed by atoms with E-state index in [1.165, 1.54) is 12.8 Å². The molecule has 1 aliphatic rings. The van der Waals surface area contributed by atoms with E-state index >= 15 is 0 Å². The van der Waals surface area contributed by atoms with Crippen molar-refractivity contribution in [2.45, 2.75) is 38.6 Å². The number of anilines is 1. The fraction of sp³-hybridized carbons (Fsp3) is 0.429. The fourth-order valence-electron chi connectivity index (χ4n) is 2.21. The molecule has 0 aromatic heterocycles. The highest BCUT2D eigenvalue weighted by Gasteiger charge is 2.18. The van der Waals surface area contributed by atoms with Gasteiger partial charge in [0.05, 0.1) is 0 Å². The Balaban J connectivity index is 1.91.